The molecule has 2 heterocycles. The van der Waals surface area contributed by atoms with E-state index >= 15 is 0 Å². The van der Waals surface area contributed by atoms with Crippen molar-refractivity contribution in [2.45, 2.75) is 78.0 Å². The van der Waals surface area contributed by atoms with Gasteiger partial charge in [-0.1, -0.05) is 43.1 Å². The van der Waals surface area contributed by atoms with E-state index in [0.29, 0.717) is 11.7 Å². The molecule has 3 aromatic rings. The Morgan fingerprint density at radius 3 is 2.51 bits per heavy atom. The molecule has 2 atom stereocenters. The lowest BCUT2D eigenvalue weighted by Crippen LogP contribution is -2.49. The Kier molecular flexibility index (Phi) is 7.15. The van der Waals surface area contributed by atoms with E-state index in [0.717, 1.165) is 48.1 Å². The van der Waals surface area contributed by atoms with Gasteiger partial charge in [-0.25, -0.2) is 4.79 Å². The maximum Gasteiger partial charge on any atom is 0.411 e. The van der Waals surface area contributed by atoms with E-state index in [4.69, 9.17) is 14.0 Å². The molecule has 186 valence electrons. The Hall–Kier alpha value is -3.35. The number of carbonyl (C=O) groups excluding carboxylic acids is 1. The monoisotopic (exact) mass is 477 g/mol. The van der Waals surface area contributed by atoms with Gasteiger partial charge in [0, 0.05) is 11.6 Å². The summed E-state index contributed by atoms with van der Waals surface area (Å²) in [6.45, 7) is 9.69. The summed E-state index contributed by atoms with van der Waals surface area (Å²) < 4.78 is 16.8. The Bertz CT molecular complexity index is 1160. The summed E-state index contributed by atoms with van der Waals surface area (Å²) in [7, 11) is 1.68. The van der Waals surface area contributed by atoms with Crippen molar-refractivity contribution in [3.05, 3.63) is 65.0 Å². The first kappa shape index (κ1) is 24.8. The molecule has 1 aliphatic heterocycles. The smallest absolute Gasteiger partial charge is 0.411 e. The van der Waals surface area contributed by atoms with E-state index in [1.54, 1.807) is 14.0 Å². The van der Waals surface area contributed by atoms with Crippen LogP contribution in [0.25, 0.3) is 11.5 Å². The van der Waals surface area contributed by atoms with Crippen molar-refractivity contribution in [2.24, 2.45) is 0 Å². The SMILES string of the molecule is CCCC[C@H]1Cc2cc(OC)ccc2[C@H](c2ccc(-c3nc(C)no3)cc2)N1C(=O)OC(C)(C)C. The zero-order valence-corrected chi connectivity index (χ0v) is 21.5. The minimum absolute atomic E-state index is 0.0210. The fourth-order valence-corrected chi connectivity index (χ4v) is 4.68. The molecule has 0 fully saturated rings. The van der Waals surface area contributed by atoms with Crippen LogP contribution in [0.15, 0.2) is 47.0 Å². The summed E-state index contributed by atoms with van der Waals surface area (Å²) in [4.78, 5) is 19.9. The molecule has 7 nitrogen and oxygen atoms in total. The number of nitrogens with zero attached hydrogens (tertiary/aromatic N) is 3. The van der Waals surface area contributed by atoms with Crippen molar-refractivity contribution in [2.75, 3.05) is 7.11 Å². The second-order valence-electron chi connectivity index (χ2n) is 10.1. The summed E-state index contributed by atoms with van der Waals surface area (Å²) in [6.07, 6.45) is 3.48. The summed E-state index contributed by atoms with van der Waals surface area (Å²) in [6, 6.07) is 13.9. The van der Waals surface area contributed by atoms with Gasteiger partial charge in [-0.2, -0.15) is 4.98 Å². The molecule has 2 aromatic carbocycles. The molecule has 4 rings (SSSR count). The first-order valence-corrected chi connectivity index (χ1v) is 12.3. The van der Waals surface area contributed by atoms with Gasteiger partial charge in [0.1, 0.15) is 11.4 Å². The van der Waals surface area contributed by atoms with Gasteiger partial charge >= 0.3 is 6.09 Å². The highest BCUT2D eigenvalue weighted by molar-refractivity contribution is 5.71. The number of rotatable bonds is 6. The number of fused-ring (bicyclic) bond motifs is 1. The molecule has 1 aromatic heterocycles. The van der Waals surface area contributed by atoms with Gasteiger partial charge in [-0.05, 0) is 81.5 Å². The Labute approximate surface area is 207 Å². The third-order valence-electron chi connectivity index (χ3n) is 6.27. The highest BCUT2D eigenvalue weighted by Gasteiger charge is 2.40. The van der Waals surface area contributed by atoms with Gasteiger partial charge in [0.05, 0.1) is 13.2 Å². The number of amides is 1. The average Bonchev–Trinajstić information content (AvgIpc) is 3.26. The highest BCUT2D eigenvalue weighted by Crippen LogP contribution is 2.41. The van der Waals surface area contributed by atoms with Crippen molar-refractivity contribution in [1.29, 1.82) is 0 Å². The summed E-state index contributed by atoms with van der Waals surface area (Å²) >= 11 is 0. The van der Waals surface area contributed by atoms with Crippen LogP contribution in [0.2, 0.25) is 0 Å². The second-order valence-corrected chi connectivity index (χ2v) is 10.1. The Morgan fingerprint density at radius 2 is 1.91 bits per heavy atom. The lowest BCUT2D eigenvalue weighted by molar-refractivity contribution is 0.00470. The Balaban J connectivity index is 1.80. The first-order chi connectivity index (χ1) is 16.7. The number of aryl methyl sites for hydroxylation is 1. The quantitative estimate of drug-likeness (QED) is 0.403. The van der Waals surface area contributed by atoms with Crippen molar-refractivity contribution in [1.82, 2.24) is 15.0 Å². The molecule has 0 bridgehead atoms. The third kappa shape index (κ3) is 5.50. The van der Waals surface area contributed by atoms with Crippen LogP contribution in [0, 0.1) is 6.92 Å². The summed E-state index contributed by atoms with van der Waals surface area (Å²) in [5.74, 6) is 1.89. The van der Waals surface area contributed by atoms with Crippen LogP contribution < -0.4 is 4.74 Å². The van der Waals surface area contributed by atoms with Crippen LogP contribution in [0.4, 0.5) is 4.79 Å². The molecule has 0 aliphatic carbocycles. The predicted molar refractivity (Wildman–Crippen MR) is 134 cm³/mol. The maximum absolute atomic E-state index is 13.6. The van der Waals surface area contributed by atoms with Gasteiger partial charge in [0.25, 0.3) is 5.89 Å². The van der Waals surface area contributed by atoms with Gasteiger partial charge in [-0.3, -0.25) is 4.90 Å². The molecule has 1 aliphatic rings. The van der Waals surface area contributed by atoms with E-state index in [2.05, 4.69) is 29.2 Å². The fourth-order valence-electron chi connectivity index (χ4n) is 4.68. The normalized spacial score (nSPS) is 17.7. The van der Waals surface area contributed by atoms with Crippen molar-refractivity contribution in [3.63, 3.8) is 0 Å². The zero-order chi connectivity index (χ0) is 25.2. The molecule has 1 amide bonds. The minimum Gasteiger partial charge on any atom is -0.497 e. The molecule has 0 saturated heterocycles. The molecule has 7 heteroatoms. The summed E-state index contributed by atoms with van der Waals surface area (Å²) in [5.41, 5.74) is 3.55. The van der Waals surface area contributed by atoms with Gasteiger partial charge in [0.15, 0.2) is 5.82 Å². The van der Waals surface area contributed by atoms with Crippen molar-refractivity contribution >= 4 is 6.09 Å². The van der Waals surface area contributed by atoms with Crippen LogP contribution in [0.5, 0.6) is 5.75 Å². The number of methoxy groups -OCH3 is 1. The summed E-state index contributed by atoms with van der Waals surface area (Å²) in [5, 5.41) is 3.89. The number of benzene rings is 2. The maximum atomic E-state index is 13.6. The second kappa shape index (κ2) is 10.1. The van der Waals surface area contributed by atoms with Gasteiger partial charge < -0.3 is 14.0 Å². The van der Waals surface area contributed by atoms with Crippen molar-refractivity contribution in [3.8, 4) is 17.2 Å². The number of hydrogen-bond acceptors (Lipinski definition) is 6. The van der Waals surface area contributed by atoms with Crippen LogP contribution in [-0.2, 0) is 11.2 Å². The topological polar surface area (TPSA) is 77.7 Å². The largest absolute Gasteiger partial charge is 0.497 e. The molecular weight excluding hydrogens is 442 g/mol. The van der Waals surface area contributed by atoms with Gasteiger partial charge in [0.2, 0.25) is 0 Å². The number of ether oxygens (including phenoxy) is 2. The first-order valence-electron chi connectivity index (χ1n) is 12.3. The predicted octanol–water partition coefficient (Wildman–Crippen LogP) is 6.50. The van der Waals surface area contributed by atoms with Crippen LogP contribution in [-0.4, -0.2) is 39.9 Å². The highest BCUT2D eigenvalue weighted by atomic mass is 16.6. The Morgan fingerprint density at radius 1 is 1.17 bits per heavy atom. The lowest BCUT2D eigenvalue weighted by Gasteiger charge is -2.44. The number of carbonyl (C=O) groups is 1. The van der Waals surface area contributed by atoms with E-state index < -0.39 is 5.60 Å². The molecule has 0 N–H and O–H groups in total. The third-order valence-corrected chi connectivity index (χ3v) is 6.27. The van der Waals surface area contributed by atoms with Crippen LogP contribution in [0.1, 0.15) is 75.5 Å². The molecule has 0 spiro atoms. The minimum atomic E-state index is -0.587. The van der Waals surface area contributed by atoms with Gasteiger partial charge in [-0.15, -0.1) is 0 Å². The molecule has 0 unspecified atom stereocenters. The molecule has 35 heavy (non-hydrogen) atoms. The van der Waals surface area contributed by atoms with Crippen molar-refractivity contribution < 1.29 is 18.8 Å². The lowest BCUT2D eigenvalue weighted by atomic mass is 9.83. The van der Waals surface area contributed by atoms with E-state index in [1.165, 1.54) is 5.56 Å². The zero-order valence-electron chi connectivity index (χ0n) is 21.5. The molecular formula is C28H35N3O4. The van der Waals surface area contributed by atoms with E-state index in [1.807, 2.05) is 56.0 Å². The fraction of sp³-hybridized carbons (Fsp3) is 0.464. The average molecular weight is 478 g/mol. The molecule has 0 radical (unpaired) electrons. The van der Waals surface area contributed by atoms with Crippen LogP contribution >= 0.6 is 0 Å². The van der Waals surface area contributed by atoms with Crippen LogP contribution in [0.3, 0.4) is 0 Å². The van der Waals surface area contributed by atoms with E-state index in [9.17, 15) is 4.79 Å². The van der Waals surface area contributed by atoms with E-state index in [-0.39, 0.29) is 18.2 Å². The standard InChI is InChI=1S/C28H35N3O4/c1-7-8-9-22-16-21-17-23(33-6)14-15-24(21)25(31(22)27(32)34-28(3,4)5)19-10-12-20(13-11-19)26-29-18(2)30-35-26/h10-15,17,22,25H,7-9,16H2,1-6H3/t22-,25-/m0/s1. The number of hydrogen-bond donors (Lipinski definition) is 0. The number of unbranched alkanes of at least 4 members (excludes halogenated alkanes) is 1. The number of aromatic nitrogens is 2. The molecule has 0 saturated carbocycles.